The van der Waals surface area contributed by atoms with E-state index in [1.54, 1.807) is 36.4 Å². The molecule has 0 aliphatic carbocycles. The van der Waals surface area contributed by atoms with Gasteiger partial charge < -0.3 is 0 Å². The first-order valence-corrected chi connectivity index (χ1v) is 12.1. The zero-order chi connectivity index (χ0) is 20.4. The highest BCUT2D eigenvalue weighted by Crippen LogP contribution is 2.28. The molecule has 0 spiro atoms. The van der Waals surface area contributed by atoms with E-state index in [4.69, 9.17) is 4.18 Å². The SMILES string of the molecule is Cc1ccc(S(=O)(=O)OCC[C@@H]2CCCN2S(=O)(=O)c2ccc(C)cc2)cc1. The monoisotopic (exact) mass is 423 g/mol. The topological polar surface area (TPSA) is 80.8 Å². The number of benzene rings is 2. The van der Waals surface area contributed by atoms with Crippen LogP contribution in [0.5, 0.6) is 0 Å². The van der Waals surface area contributed by atoms with Crippen molar-refractivity contribution in [1.29, 1.82) is 0 Å². The molecule has 2 aromatic carbocycles. The summed E-state index contributed by atoms with van der Waals surface area (Å²) < 4.78 is 57.1. The molecule has 1 fully saturated rings. The van der Waals surface area contributed by atoms with E-state index in [2.05, 4.69) is 0 Å². The van der Waals surface area contributed by atoms with Crippen molar-refractivity contribution in [2.24, 2.45) is 0 Å². The van der Waals surface area contributed by atoms with Gasteiger partial charge in [-0.1, -0.05) is 35.4 Å². The summed E-state index contributed by atoms with van der Waals surface area (Å²) in [7, 11) is -7.45. The van der Waals surface area contributed by atoms with Crippen LogP contribution in [0, 0.1) is 13.8 Å². The minimum Gasteiger partial charge on any atom is -0.266 e. The van der Waals surface area contributed by atoms with Gasteiger partial charge in [-0.05, 0) is 57.4 Å². The van der Waals surface area contributed by atoms with Gasteiger partial charge >= 0.3 is 0 Å². The molecule has 1 aliphatic heterocycles. The minimum absolute atomic E-state index is 0.0548. The molecule has 3 rings (SSSR count). The normalized spacial score (nSPS) is 18.4. The molecule has 6 nitrogen and oxygen atoms in total. The van der Waals surface area contributed by atoms with Crippen LogP contribution < -0.4 is 0 Å². The summed E-state index contributed by atoms with van der Waals surface area (Å²) in [5.41, 5.74) is 1.95. The van der Waals surface area contributed by atoms with E-state index in [0.29, 0.717) is 19.4 Å². The molecule has 0 unspecified atom stereocenters. The van der Waals surface area contributed by atoms with E-state index in [0.717, 1.165) is 17.5 Å². The van der Waals surface area contributed by atoms with E-state index in [1.165, 1.54) is 16.4 Å². The fraction of sp³-hybridized carbons (Fsp3) is 0.400. The Balaban J connectivity index is 1.65. The predicted molar refractivity (Wildman–Crippen MR) is 107 cm³/mol. The first-order valence-electron chi connectivity index (χ1n) is 9.25. The lowest BCUT2D eigenvalue weighted by Crippen LogP contribution is -2.36. The average molecular weight is 424 g/mol. The van der Waals surface area contributed by atoms with E-state index in [1.807, 2.05) is 13.8 Å². The Labute approximate surface area is 167 Å². The van der Waals surface area contributed by atoms with Gasteiger partial charge in [0, 0.05) is 12.6 Å². The smallest absolute Gasteiger partial charge is 0.266 e. The molecule has 28 heavy (non-hydrogen) atoms. The maximum absolute atomic E-state index is 12.9. The van der Waals surface area contributed by atoms with E-state index >= 15 is 0 Å². The summed E-state index contributed by atoms with van der Waals surface area (Å²) in [6.45, 7) is 4.16. The van der Waals surface area contributed by atoms with Crippen LogP contribution in [-0.2, 0) is 24.3 Å². The van der Waals surface area contributed by atoms with Crippen molar-refractivity contribution >= 4 is 20.1 Å². The van der Waals surface area contributed by atoms with Gasteiger partial charge in [-0.25, -0.2) is 8.42 Å². The van der Waals surface area contributed by atoms with Crippen LogP contribution in [0.25, 0.3) is 0 Å². The van der Waals surface area contributed by atoms with Crippen molar-refractivity contribution in [3.63, 3.8) is 0 Å². The van der Waals surface area contributed by atoms with Crippen molar-refractivity contribution in [2.45, 2.75) is 48.9 Å². The van der Waals surface area contributed by atoms with Crippen LogP contribution in [0.4, 0.5) is 0 Å². The van der Waals surface area contributed by atoms with Crippen LogP contribution in [0.15, 0.2) is 58.3 Å². The van der Waals surface area contributed by atoms with Gasteiger partial charge in [-0.2, -0.15) is 12.7 Å². The third kappa shape index (κ3) is 4.63. The number of sulfonamides is 1. The highest BCUT2D eigenvalue weighted by atomic mass is 32.2. The predicted octanol–water partition coefficient (Wildman–Crippen LogP) is 3.25. The van der Waals surface area contributed by atoms with E-state index in [9.17, 15) is 16.8 Å². The minimum atomic E-state index is -3.85. The molecule has 0 bridgehead atoms. The second-order valence-electron chi connectivity index (χ2n) is 7.10. The van der Waals surface area contributed by atoms with Crippen molar-refractivity contribution in [3.8, 4) is 0 Å². The van der Waals surface area contributed by atoms with Gasteiger partial charge in [0.1, 0.15) is 0 Å². The van der Waals surface area contributed by atoms with Gasteiger partial charge in [0.05, 0.1) is 16.4 Å². The molecule has 1 aliphatic rings. The summed E-state index contributed by atoms with van der Waals surface area (Å²) in [6.07, 6.45) is 1.77. The number of nitrogens with zero attached hydrogens (tertiary/aromatic N) is 1. The molecule has 0 aromatic heterocycles. The highest BCUT2D eigenvalue weighted by molar-refractivity contribution is 7.89. The standard InChI is InChI=1S/C20H25NO5S2/c1-16-5-9-19(10-6-16)27(22,23)21-14-3-4-18(21)13-15-26-28(24,25)20-11-7-17(2)8-12-20/h5-12,18H,3-4,13-15H2,1-2H3/t18-/m0/s1. The molecule has 1 atom stereocenters. The third-order valence-corrected chi connectivity index (χ3v) is 8.24. The number of rotatable bonds is 7. The van der Waals surface area contributed by atoms with Crippen LogP contribution in [-0.4, -0.2) is 40.3 Å². The van der Waals surface area contributed by atoms with Crippen LogP contribution in [0.2, 0.25) is 0 Å². The maximum Gasteiger partial charge on any atom is 0.296 e. The van der Waals surface area contributed by atoms with Crippen LogP contribution >= 0.6 is 0 Å². The number of hydrogen-bond acceptors (Lipinski definition) is 5. The van der Waals surface area contributed by atoms with E-state index < -0.39 is 20.1 Å². The van der Waals surface area contributed by atoms with Crippen LogP contribution in [0.1, 0.15) is 30.4 Å². The van der Waals surface area contributed by atoms with Crippen molar-refractivity contribution in [1.82, 2.24) is 4.31 Å². The first-order chi connectivity index (χ1) is 13.2. The average Bonchev–Trinajstić information content (AvgIpc) is 3.12. The van der Waals surface area contributed by atoms with Crippen LogP contribution in [0.3, 0.4) is 0 Å². The molecule has 0 N–H and O–H groups in total. The van der Waals surface area contributed by atoms with Gasteiger partial charge in [-0.3, -0.25) is 4.18 Å². The fourth-order valence-electron chi connectivity index (χ4n) is 3.33. The van der Waals surface area contributed by atoms with Crippen molar-refractivity contribution < 1.29 is 21.0 Å². The molecule has 2 aromatic rings. The van der Waals surface area contributed by atoms with Gasteiger partial charge in [0.2, 0.25) is 10.0 Å². The second-order valence-corrected chi connectivity index (χ2v) is 10.6. The first kappa shape index (κ1) is 21.0. The molecule has 0 saturated carbocycles. The summed E-state index contributed by atoms with van der Waals surface area (Å²) in [4.78, 5) is 0.367. The Morgan fingerprint density at radius 2 is 1.43 bits per heavy atom. The lowest BCUT2D eigenvalue weighted by atomic mass is 10.2. The number of hydrogen-bond donors (Lipinski definition) is 0. The van der Waals surface area contributed by atoms with Gasteiger partial charge in [-0.15, -0.1) is 0 Å². The Hall–Kier alpha value is -1.74. The van der Waals surface area contributed by atoms with Gasteiger partial charge in [0.15, 0.2) is 0 Å². The molecule has 1 saturated heterocycles. The maximum atomic E-state index is 12.9. The fourth-order valence-corrected chi connectivity index (χ4v) is 5.97. The quantitative estimate of drug-likeness (QED) is 0.639. The summed E-state index contributed by atoms with van der Waals surface area (Å²) in [5.74, 6) is 0. The molecule has 0 radical (unpaired) electrons. The van der Waals surface area contributed by atoms with Crippen molar-refractivity contribution in [2.75, 3.05) is 13.2 Å². The zero-order valence-electron chi connectivity index (χ0n) is 16.0. The summed E-state index contributed by atoms with van der Waals surface area (Å²) in [5, 5.41) is 0. The summed E-state index contributed by atoms with van der Waals surface area (Å²) in [6, 6.07) is 12.9. The Kier molecular flexibility index (Phi) is 6.24. The Morgan fingerprint density at radius 3 is 2.00 bits per heavy atom. The molecule has 0 amide bonds. The molecular formula is C20H25NO5S2. The Bertz CT molecular complexity index is 1010. The van der Waals surface area contributed by atoms with E-state index in [-0.39, 0.29) is 22.4 Å². The molecular weight excluding hydrogens is 398 g/mol. The lowest BCUT2D eigenvalue weighted by molar-refractivity contribution is 0.268. The second kappa shape index (κ2) is 8.32. The molecule has 8 heteroatoms. The number of aryl methyl sites for hydroxylation is 2. The summed E-state index contributed by atoms with van der Waals surface area (Å²) >= 11 is 0. The lowest BCUT2D eigenvalue weighted by Gasteiger charge is -2.24. The zero-order valence-corrected chi connectivity index (χ0v) is 17.7. The highest BCUT2D eigenvalue weighted by Gasteiger charge is 2.35. The Morgan fingerprint density at radius 1 is 0.893 bits per heavy atom. The molecule has 152 valence electrons. The molecule has 1 heterocycles. The van der Waals surface area contributed by atoms with Crippen molar-refractivity contribution in [3.05, 3.63) is 59.7 Å². The largest absolute Gasteiger partial charge is 0.296 e. The third-order valence-electron chi connectivity index (χ3n) is 4.95. The van der Waals surface area contributed by atoms with Gasteiger partial charge in [0.25, 0.3) is 10.1 Å².